The highest BCUT2D eigenvalue weighted by Crippen LogP contribution is 2.15. The molecular weight excluding hydrogens is 396 g/mol. The highest BCUT2D eigenvalue weighted by Gasteiger charge is 2.17. The first-order chi connectivity index (χ1) is 13.6. The molecule has 0 aromatic heterocycles. The number of anilines is 1. The summed E-state index contributed by atoms with van der Waals surface area (Å²) in [4.78, 5) is 35.9. The van der Waals surface area contributed by atoms with E-state index in [9.17, 15) is 14.4 Å². The zero-order valence-corrected chi connectivity index (χ0v) is 17.2. The van der Waals surface area contributed by atoms with Gasteiger partial charge in [-0.15, -0.1) is 0 Å². The van der Waals surface area contributed by atoms with Gasteiger partial charge in [-0.2, -0.15) is 0 Å². The maximum atomic E-state index is 12.2. The third-order valence-corrected chi connectivity index (χ3v) is 3.88. The second kappa shape index (κ2) is 9.93. The predicted octanol–water partition coefficient (Wildman–Crippen LogP) is 4.16. The quantitative estimate of drug-likeness (QED) is 0.687. The Labute approximate surface area is 174 Å². The smallest absolute Gasteiger partial charge is 0.412 e. The van der Waals surface area contributed by atoms with Crippen molar-refractivity contribution in [3.63, 3.8) is 0 Å². The van der Waals surface area contributed by atoms with Crippen LogP contribution >= 0.6 is 11.6 Å². The summed E-state index contributed by atoms with van der Waals surface area (Å²) in [7, 11) is 0. The van der Waals surface area contributed by atoms with Crippen molar-refractivity contribution in [2.24, 2.45) is 0 Å². The lowest BCUT2D eigenvalue weighted by Gasteiger charge is -2.19. The summed E-state index contributed by atoms with van der Waals surface area (Å²) in [6.07, 6.45) is -0.637. The highest BCUT2D eigenvalue weighted by molar-refractivity contribution is 6.31. The van der Waals surface area contributed by atoms with Crippen LogP contribution in [-0.2, 0) is 20.8 Å². The molecule has 0 saturated carbocycles. The van der Waals surface area contributed by atoms with E-state index in [1.807, 2.05) is 6.07 Å². The average molecular weight is 419 g/mol. The molecule has 0 saturated heterocycles. The Kier molecular flexibility index (Phi) is 7.61. The molecule has 0 atom stereocenters. The molecule has 0 fully saturated rings. The molecule has 29 heavy (non-hydrogen) atoms. The van der Waals surface area contributed by atoms with Gasteiger partial charge >= 0.3 is 12.1 Å². The maximum Gasteiger partial charge on any atom is 0.412 e. The monoisotopic (exact) mass is 418 g/mol. The number of nitrogens with one attached hydrogen (secondary N) is 2. The predicted molar refractivity (Wildman–Crippen MR) is 110 cm³/mol. The van der Waals surface area contributed by atoms with E-state index in [2.05, 4.69) is 10.6 Å². The van der Waals surface area contributed by atoms with Gasteiger partial charge in [-0.05, 0) is 50.6 Å². The molecule has 2 rings (SSSR count). The fourth-order valence-electron chi connectivity index (χ4n) is 2.25. The Morgan fingerprint density at radius 1 is 1.03 bits per heavy atom. The fourth-order valence-corrected chi connectivity index (χ4v) is 2.45. The second-order valence-electron chi connectivity index (χ2n) is 7.15. The number of esters is 1. The number of benzene rings is 2. The minimum absolute atomic E-state index is 0.192. The Bertz CT molecular complexity index is 893. The molecular formula is C21H23ClN2O5. The number of hydrogen-bond acceptors (Lipinski definition) is 5. The van der Waals surface area contributed by atoms with Gasteiger partial charge in [0.1, 0.15) is 5.60 Å². The molecule has 0 bridgehead atoms. The number of carbonyl (C=O) groups excluding carboxylic acids is 3. The van der Waals surface area contributed by atoms with Crippen LogP contribution in [0, 0.1) is 0 Å². The van der Waals surface area contributed by atoms with Crippen molar-refractivity contribution in [1.82, 2.24) is 5.32 Å². The van der Waals surface area contributed by atoms with Crippen LogP contribution in [0.4, 0.5) is 10.5 Å². The standard InChI is InChI=1S/C21H23ClN2O5/c1-21(2,3)29-20(27)24-16-9-6-8-14(11-16)19(26)28-13-18(25)23-12-15-7-4-5-10-17(15)22/h4-11H,12-13H2,1-3H3,(H,23,25)(H,24,27). The molecule has 0 aliphatic rings. The minimum Gasteiger partial charge on any atom is -0.452 e. The van der Waals surface area contributed by atoms with Crippen molar-refractivity contribution in [3.05, 3.63) is 64.7 Å². The van der Waals surface area contributed by atoms with Crippen LogP contribution in [0.5, 0.6) is 0 Å². The molecule has 0 heterocycles. The van der Waals surface area contributed by atoms with E-state index in [1.54, 1.807) is 51.1 Å². The summed E-state index contributed by atoms with van der Waals surface area (Å²) in [5.41, 5.74) is 0.682. The van der Waals surface area contributed by atoms with Crippen LogP contribution in [-0.4, -0.2) is 30.2 Å². The summed E-state index contributed by atoms with van der Waals surface area (Å²) < 4.78 is 10.2. The molecule has 154 valence electrons. The molecule has 0 unspecified atom stereocenters. The van der Waals surface area contributed by atoms with E-state index in [1.165, 1.54) is 12.1 Å². The number of hydrogen-bond donors (Lipinski definition) is 2. The van der Waals surface area contributed by atoms with Gasteiger partial charge in [-0.3, -0.25) is 10.1 Å². The lowest BCUT2D eigenvalue weighted by Crippen LogP contribution is -2.28. The molecule has 8 heteroatoms. The Hall–Kier alpha value is -3.06. The van der Waals surface area contributed by atoms with Crippen molar-refractivity contribution in [2.45, 2.75) is 32.9 Å². The third-order valence-electron chi connectivity index (χ3n) is 3.51. The summed E-state index contributed by atoms with van der Waals surface area (Å²) in [6, 6.07) is 13.3. The normalized spacial score (nSPS) is 10.8. The first-order valence-electron chi connectivity index (χ1n) is 8.91. The first-order valence-corrected chi connectivity index (χ1v) is 9.29. The summed E-state index contributed by atoms with van der Waals surface area (Å²) in [6.45, 7) is 5.03. The van der Waals surface area contributed by atoms with Gasteiger partial charge in [0.05, 0.1) is 5.56 Å². The van der Waals surface area contributed by atoms with Crippen molar-refractivity contribution in [1.29, 1.82) is 0 Å². The molecule has 0 aliphatic heterocycles. The topological polar surface area (TPSA) is 93.7 Å². The molecule has 2 N–H and O–H groups in total. The Balaban J connectivity index is 1.85. The van der Waals surface area contributed by atoms with Crippen molar-refractivity contribution in [3.8, 4) is 0 Å². The van der Waals surface area contributed by atoms with Gasteiger partial charge < -0.3 is 14.8 Å². The van der Waals surface area contributed by atoms with Crippen molar-refractivity contribution >= 4 is 35.3 Å². The first kappa shape index (κ1) is 22.2. The van der Waals surface area contributed by atoms with Gasteiger partial charge in [0.15, 0.2) is 6.61 Å². The fraction of sp³-hybridized carbons (Fsp3) is 0.286. The van der Waals surface area contributed by atoms with E-state index in [-0.39, 0.29) is 12.1 Å². The molecule has 2 aromatic rings. The Morgan fingerprint density at radius 3 is 2.45 bits per heavy atom. The van der Waals surface area contributed by atoms with Gasteiger partial charge in [0.25, 0.3) is 5.91 Å². The lowest BCUT2D eigenvalue weighted by atomic mass is 10.2. The van der Waals surface area contributed by atoms with Crippen LogP contribution in [0.1, 0.15) is 36.7 Å². The molecule has 2 amide bonds. The van der Waals surface area contributed by atoms with Crippen molar-refractivity contribution < 1.29 is 23.9 Å². The van der Waals surface area contributed by atoms with Gasteiger partial charge in [-0.25, -0.2) is 9.59 Å². The minimum atomic E-state index is -0.689. The van der Waals surface area contributed by atoms with Crippen LogP contribution in [0.2, 0.25) is 5.02 Å². The highest BCUT2D eigenvalue weighted by atomic mass is 35.5. The maximum absolute atomic E-state index is 12.2. The molecule has 2 aromatic carbocycles. The average Bonchev–Trinajstić information content (AvgIpc) is 2.64. The van der Waals surface area contributed by atoms with E-state index in [0.717, 1.165) is 5.56 Å². The summed E-state index contributed by atoms with van der Waals surface area (Å²) in [5, 5.41) is 5.71. The molecule has 0 aliphatic carbocycles. The second-order valence-corrected chi connectivity index (χ2v) is 7.56. The van der Waals surface area contributed by atoms with Crippen LogP contribution in [0.15, 0.2) is 48.5 Å². The van der Waals surface area contributed by atoms with E-state index < -0.39 is 30.2 Å². The third kappa shape index (κ3) is 7.83. The number of carbonyl (C=O) groups is 3. The molecule has 0 spiro atoms. The largest absolute Gasteiger partial charge is 0.452 e. The molecule has 0 radical (unpaired) electrons. The van der Waals surface area contributed by atoms with E-state index >= 15 is 0 Å². The van der Waals surface area contributed by atoms with Crippen molar-refractivity contribution in [2.75, 3.05) is 11.9 Å². The van der Waals surface area contributed by atoms with Crippen LogP contribution in [0.3, 0.4) is 0 Å². The summed E-state index contributed by atoms with van der Waals surface area (Å²) >= 11 is 6.03. The van der Waals surface area contributed by atoms with E-state index in [4.69, 9.17) is 21.1 Å². The zero-order valence-electron chi connectivity index (χ0n) is 16.5. The number of amides is 2. The Morgan fingerprint density at radius 2 is 1.76 bits per heavy atom. The lowest BCUT2D eigenvalue weighted by molar-refractivity contribution is -0.124. The van der Waals surface area contributed by atoms with Crippen LogP contribution in [0.25, 0.3) is 0 Å². The number of halogens is 1. The number of rotatable bonds is 6. The van der Waals surface area contributed by atoms with E-state index in [0.29, 0.717) is 10.7 Å². The van der Waals surface area contributed by atoms with Crippen LogP contribution < -0.4 is 10.6 Å². The van der Waals surface area contributed by atoms with Gasteiger partial charge in [0.2, 0.25) is 0 Å². The van der Waals surface area contributed by atoms with Gasteiger partial charge in [-0.1, -0.05) is 35.9 Å². The zero-order chi connectivity index (χ0) is 21.4. The number of ether oxygens (including phenoxy) is 2. The summed E-state index contributed by atoms with van der Waals surface area (Å²) in [5.74, 6) is -1.15. The SMILES string of the molecule is CC(C)(C)OC(=O)Nc1cccc(C(=O)OCC(=O)NCc2ccccc2Cl)c1. The van der Waals surface area contributed by atoms with Gasteiger partial charge in [0, 0.05) is 17.3 Å². The molecule has 7 nitrogen and oxygen atoms in total.